The average molecular weight is 277 g/mol. The molecule has 0 aliphatic carbocycles. The first-order chi connectivity index (χ1) is 10.3. The lowest BCUT2D eigenvalue weighted by atomic mass is 10.0. The lowest BCUT2D eigenvalue weighted by Gasteiger charge is -2.07. The van der Waals surface area contributed by atoms with Gasteiger partial charge < -0.3 is 0 Å². The Morgan fingerprint density at radius 1 is 0.762 bits per heavy atom. The Morgan fingerprint density at radius 2 is 1.29 bits per heavy atom. The van der Waals surface area contributed by atoms with Gasteiger partial charge in [-0.3, -0.25) is 20.1 Å². The third-order valence-corrected chi connectivity index (χ3v) is 3.10. The Bertz CT molecular complexity index is 771. The molecule has 0 fully saturated rings. The molecule has 21 heavy (non-hydrogen) atoms. The van der Waals surface area contributed by atoms with E-state index in [9.17, 15) is 10.1 Å². The molecule has 0 N–H and O–H groups in total. The molecule has 1 heterocycles. The highest BCUT2D eigenvalue weighted by Gasteiger charge is 2.11. The van der Waals surface area contributed by atoms with Gasteiger partial charge in [0.15, 0.2) is 0 Å². The van der Waals surface area contributed by atoms with Crippen LogP contribution >= 0.6 is 0 Å². The van der Waals surface area contributed by atoms with Crippen molar-refractivity contribution in [2.45, 2.75) is 0 Å². The highest BCUT2D eigenvalue weighted by Crippen LogP contribution is 2.29. The van der Waals surface area contributed by atoms with E-state index in [1.54, 1.807) is 24.5 Å². The van der Waals surface area contributed by atoms with Crippen molar-refractivity contribution in [2.75, 3.05) is 0 Å². The summed E-state index contributed by atoms with van der Waals surface area (Å²) in [7, 11) is 0. The van der Waals surface area contributed by atoms with Gasteiger partial charge in [-0.1, -0.05) is 30.3 Å². The highest BCUT2D eigenvalue weighted by molar-refractivity contribution is 5.77. The molecule has 5 nitrogen and oxygen atoms in total. The predicted octanol–water partition coefficient (Wildman–Crippen LogP) is 3.72. The fourth-order valence-corrected chi connectivity index (χ4v) is 2.10. The van der Waals surface area contributed by atoms with Crippen molar-refractivity contribution in [1.82, 2.24) is 9.97 Å². The number of hydrogen-bond acceptors (Lipinski definition) is 4. The summed E-state index contributed by atoms with van der Waals surface area (Å²) >= 11 is 0. The summed E-state index contributed by atoms with van der Waals surface area (Å²) in [6.07, 6.45) is 3.25. The molecule has 0 radical (unpaired) electrons. The van der Waals surface area contributed by atoms with Crippen LogP contribution < -0.4 is 0 Å². The van der Waals surface area contributed by atoms with Gasteiger partial charge in [-0.25, -0.2) is 0 Å². The van der Waals surface area contributed by atoms with E-state index in [4.69, 9.17) is 0 Å². The van der Waals surface area contributed by atoms with Crippen LogP contribution in [0.3, 0.4) is 0 Å². The van der Waals surface area contributed by atoms with E-state index >= 15 is 0 Å². The van der Waals surface area contributed by atoms with E-state index < -0.39 is 4.92 Å². The molecule has 0 aliphatic rings. The summed E-state index contributed by atoms with van der Waals surface area (Å²) in [4.78, 5) is 19.1. The Hall–Kier alpha value is -3.08. The van der Waals surface area contributed by atoms with Gasteiger partial charge >= 0.3 is 0 Å². The first-order valence-electron chi connectivity index (χ1n) is 6.37. The average Bonchev–Trinajstić information content (AvgIpc) is 2.56. The van der Waals surface area contributed by atoms with Gasteiger partial charge in [-0.2, -0.15) is 0 Å². The molecular weight excluding hydrogens is 266 g/mol. The van der Waals surface area contributed by atoms with Gasteiger partial charge in [0.05, 0.1) is 16.3 Å². The normalized spacial score (nSPS) is 10.3. The predicted molar refractivity (Wildman–Crippen MR) is 79.6 cm³/mol. The molecule has 0 aliphatic heterocycles. The monoisotopic (exact) mass is 277 g/mol. The molecular formula is C16H11N3O2. The second kappa shape index (κ2) is 5.50. The van der Waals surface area contributed by atoms with Crippen LogP contribution in [0.5, 0.6) is 0 Å². The van der Waals surface area contributed by atoms with Gasteiger partial charge in [-0.05, 0) is 12.1 Å². The quantitative estimate of drug-likeness (QED) is 0.540. The number of nitro groups is 1. The molecule has 3 rings (SSSR count). The van der Waals surface area contributed by atoms with Crippen LogP contribution in [-0.4, -0.2) is 14.9 Å². The molecule has 3 aromatic rings. The maximum atomic E-state index is 10.7. The smallest absolute Gasteiger partial charge is 0.258 e. The topological polar surface area (TPSA) is 68.9 Å². The first kappa shape index (κ1) is 12.9. The molecule has 0 unspecified atom stereocenters. The molecule has 0 spiro atoms. The van der Waals surface area contributed by atoms with Gasteiger partial charge in [0.2, 0.25) is 0 Å². The van der Waals surface area contributed by atoms with Gasteiger partial charge in [0.25, 0.3) is 5.69 Å². The van der Waals surface area contributed by atoms with E-state index in [0.29, 0.717) is 5.69 Å². The molecule has 2 aromatic carbocycles. The van der Waals surface area contributed by atoms with Crippen LogP contribution in [0.2, 0.25) is 0 Å². The standard InChI is InChI=1S/C16H11N3O2/c20-19(21)14-8-6-13(7-9-14)16-15(17-10-11-18-16)12-4-2-1-3-5-12/h1-11H. The zero-order valence-electron chi connectivity index (χ0n) is 11.0. The number of non-ortho nitro benzene ring substituents is 1. The lowest BCUT2D eigenvalue weighted by Crippen LogP contribution is -1.93. The molecule has 0 saturated heterocycles. The lowest BCUT2D eigenvalue weighted by molar-refractivity contribution is -0.384. The van der Waals surface area contributed by atoms with Gasteiger partial charge in [0.1, 0.15) is 0 Å². The zero-order valence-corrected chi connectivity index (χ0v) is 11.0. The molecule has 1 aromatic heterocycles. The van der Waals surface area contributed by atoms with Gasteiger partial charge in [-0.15, -0.1) is 0 Å². The summed E-state index contributed by atoms with van der Waals surface area (Å²) in [5, 5.41) is 10.7. The van der Waals surface area contributed by atoms with Crippen LogP contribution in [0.25, 0.3) is 22.5 Å². The minimum atomic E-state index is -0.418. The summed E-state index contributed by atoms with van der Waals surface area (Å²) < 4.78 is 0. The molecule has 5 heteroatoms. The maximum Gasteiger partial charge on any atom is 0.269 e. The van der Waals surface area contributed by atoms with Crippen molar-refractivity contribution in [1.29, 1.82) is 0 Å². The summed E-state index contributed by atoms with van der Waals surface area (Å²) in [5.74, 6) is 0. The Labute approximate surface area is 121 Å². The summed E-state index contributed by atoms with van der Waals surface area (Å²) in [5.41, 5.74) is 3.28. The van der Waals surface area contributed by atoms with Crippen molar-refractivity contribution in [3.63, 3.8) is 0 Å². The van der Waals surface area contributed by atoms with Crippen LogP contribution in [0.4, 0.5) is 5.69 Å². The maximum absolute atomic E-state index is 10.7. The summed E-state index contributed by atoms with van der Waals surface area (Å²) in [6, 6.07) is 16.0. The van der Waals surface area contributed by atoms with E-state index in [0.717, 1.165) is 16.8 Å². The molecule has 0 saturated carbocycles. The summed E-state index contributed by atoms with van der Waals surface area (Å²) in [6.45, 7) is 0. The number of aromatic nitrogens is 2. The second-order valence-electron chi connectivity index (χ2n) is 4.42. The number of hydrogen-bond donors (Lipinski definition) is 0. The van der Waals surface area contributed by atoms with Crippen LogP contribution in [-0.2, 0) is 0 Å². The molecule has 0 bridgehead atoms. The van der Waals surface area contributed by atoms with Crippen molar-refractivity contribution >= 4 is 5.69 Å². The van der Waals surface area contributed by atoms with E-state index in [1.807, 2.05) is 30.3 Å². The van der Waals surface area contributed by atoms with Crippen LogP contribution in [0.15, 0.2) is 67.0 Å². The van der Waals surface area contributed by atoms with Crippen molar-refractivity contribution in [3.05, 3.63) is 77.1 Å². The third kappa shape index (κ3) is 2.62. The molecule has 0 atom stereocenters. The minimum Gasteiger partial charge on any atom is -0.258 e. The zero-order chi connectivity index (χ0) is 14.7. The number of rotatable bonds is 3. The first-order valence-corrected chi connectivity index (χ1v) is 6.37. The van der Waals surface area contributed by atoms with E-state index in [2.05, 4.69) is 9.97 Å². The van der Waals surface area contributed by atoms with Crippen molar-refractivity contribution < 1.29 is 4.92 Å². The fraction of sp³-hybridized carbons (Fsp3) is 0. The van der Waals surface area contributed by atoms with Crippen molar-refractivity contribution in [3.8, 4) is 22.5 Å². The Kier molecular flexibility index (Phi) is 3.39. The Balaban J connectivity index is 2.09. The largest absolute Gasteiger partial charge is 0.269 e. The number of nitro benzene ring substituents is 1. The fourth-order valence-electron chi connectivity index (χ4n) is 2.10. The Morgan fingerprint density at radius 3 is 1.81 bits per heavy atom. The SMILES string of the molecule is O=[N+]([O-])c1ccc(-c2nccnc2-c2ccccc2)cc1. The molecule has 102 valence electrons. The third-order valence-electron chi connectivity index (χ3n) is 3.10. The van der Waals surface area contributed by atoms with Crippen molar-refractivity contribution in [2.24, 2.45) is 0 Å². The number of benzene rings is 2. The van der Waals surface area contributed by atoms with Crippen LogP contribution in [0.1, 0.15) is 0 Å². The van der Waals surface area contributed by atoms with Crippen LogP contribution in [0, 0.1) is 10.1 Å². The van der Waals surface area contributed by atoms with E-state index in [1.165, 1.54) is 12.1 Å². The second-order valence-corrected chi connectivity index (χ2v) is 4.42. The van der Waals surface area contributed by atoms with E-state index in [-0.39, 0.29) is 5.69 Å². The minimum absolute atomic E-state index is 0.0592. The number of nitrogens with zero attached hydrogens (tertiary/aromatic N) is 3. The molecule has 0 amide bonds. The van der Waals surface area contributed by atoms with Gasteiger partial charge in [0, 0.05) is 35.7 Å². The highest BCUT2D eigenvalue weighted by atomic mass is 16.6.